The van der Waals surface area contributed by atoms with E-state index in [9.17, 15) is 0 Å². The minimum absolute atomic E-state index is 0.0430. The highest BCUT2D eigenvalue weighted by Gasteiger charge is 2.65. The van der Waals surface area contributed by atoms with Gasteiger partial charge in [-0.15, -0.1) is 11.8 Å². The third kappa shape index (κ3) is 4.45. The van der Waals surface area contributed by atoms with Crippen molar-refractivity contribution in [3.63, 3.8) is 0 Å². The maximum atomic E-state index is 7.70. The third-order valence-electron chi connectivity index (χ3n) is 15.4. The molecular formula is C52H48BN3OS. The molecule has 4 heterocycles. The van der Waals surface area contributed by atoms with Crippen LogP contribution in [0.5, 0.6) is 0 Å². The number of nitrogens with zero attached hydrogens (tertiary/aromatic N) is 3. The van der Waals surface area contributed by atoms with E-state index >= 15 is 0 Å². The zero-order chi connectivity index (χ0) is 39.0. The fraction of sp³-hybridized carbons (Fsp3) is 0.269. The van der Waals surface area contributed by atoms with Gasteiger partial charge in [-0.2, -0.15) is 0 Å². The van der Waals surface area contributed by atoms with Gasteiger partial charge in [-0.05, 0) is 129 Å². The lowest BCUT2D eigenvalue weighted by atomic mass is 9.35. The molecule has 0 spiro atoms. The van der Waals surface area contributed by atoms with Gasteiger partial charge in [0.25, 0.3) is 6.71 Å². The maximum absolute atomic E-state index is 7.70. The molecule has 0 saturated heterocycles. The zero-order valence-electron chi connectivity index (χ0n) is 33.8. The van der Waals surface area contributed by atoms with Crippen molar-refractivity contribution in [1.82, 2.24) is 0 Å². The van der Waals surface area contributed by atoms with E-state index < -0.39 is 0 Å². The Labute approximate surface area is 347 Å². The van der Waals surface area contributed by atoms with Crippen LogP contribution in [0.3, 0.4) is 0 Å². The fourth-order valence-corrected chi connectivity index (χ4v) is 13.9. The van der Waals surface area contributed by atoms with Crippen LogP contribution in [0, 0.1) is 5.41 Å². The Morgan fingerprint density at radius 2 is 1.10 bits per heavy atom. The first-order chi connectivity index (χ1) is 28.2. The average Bonchev–Trinajstić information content (AvgIpc) is 3.87. The van der Waals surface area contributed by atoms with Crippen molar-refractivity contribution in [3.05, 3.63) is 163 Å². The van der Waals surface area contributed by atoms with Crippen LogP contribution >= 0.6 is 11.8 Å². The Morgan fingerprint density at radius 3 is 1.74 bits per heavy atom. The van der Waals surface area contributed by atoms with Crippen molar-refractivity contribution in [1.29, 1.82) is 0 Å². The molecule has 4 nitrogen and oxygen atoms in total. The quantitative estimate of drug-likeness (QED) is 0.162. The Kier molecular flexibility index (Phi) is 7.24. The summed E-state index contributed by atoms with van der Waals surface area (Å²) in [6.07, 6.45) is 7.07. The van der Waals surface area contributed by atoms with Gasteiger partial charge in [0.05, 0.1) is 22.5 Å². The van der Waals surface area contributed by atoms with Crippen molar-refractivity contribution >= 4 is 74.9 Å². The van der Waals surface area contributed by atoms with Gasteiger partial charge in [0, 0.05) is 54.9 Å². The van der Waals surface area contributed by atoms with E-state index in [1.54, 1.807) is 0 Å². The first-order valence-electron chi connectivity index (χ1n) is 21.3. The predicted molar refractivity (Wildman–Crippen MR) is 243 cm³/mol. The van der Waals surface area contributed by atoms with Crippen molar-refractivity contribution in [3.8, 4) is 0 Å². The van der Waals surface area contributed by atoms with Crippen LogP contribution in [-0.2, 0) is 10.2 Å². The van der Waals surface area contributed by atoms with Gasteiger partial charge >= 0.3 is 0 Å². The number of anilines is 8. The zero-order valence-corrected chi connectivity index (χ0v) is 34.7. The summed E-state index contributed by atoms with van der Waals surface area (Å²) in [5, 5.41) is 0. The lowest BCUT2D eigenvalue weighted by Crippen LogP contribution is -2.57. The largest absolute Gasteiger partial charge is 0.498 e. The Balaban J connectivity index is 1.23. The number of para-hydroxylation sites is 4. The Bertz CT molecular complexity index is 2630. The highest BCUT2D eigenvalue weighted by Crippen LogP contribution is 2.67. The van der Waals surface area contributed by atoms with E-state index in [0.717, 1.165) is 42.0 Å². The number of hydrogen-bond donors (Lipinski definition) is 0. The van der Waals surface area contributed by atoms with E-state index in [4.69, 9.17) is 4.74 Å². The van der Waals surface area contributed by atoms with Gasteiger partial charge in [0.2, 0.25) is 0 Å². The summed E-state index contributed by atoms with van der Waals surface area (Å²) >= 11 is 2.17. The first-order valence-corrected chi connectivity index (χ1v) is 22.1. The van der Waals surface area contributed by atoms with Crippen LogP contribution in [-0.4, -0.2) is 17.1 Å². The fourth-order valence-electron chi connectivity index (χ4n) is 12.1. The molecule has 2 aliphatic carbocycles. The molecule has 286 valence electrons. The Morgan fingerprint density at radius 1 is 0.552 bits per heavy atom. The molecule has 58 heavy (non-hydrogen) atoms. The highest BCUT2D eigenvalue weighted by atomic mass is 32.2. The van der Waals surface area contributed by atoms with E-state index in [1.807, 2.05) is 0 Å². The maximum Gasteiger partial charge on any atom is 0.297 e. The number of fused-ring (bicyclic) bond motifs is 9. The molecule has 2 fully saturated rings. The summed E-state index contributed by atoms with van der Waals surface area (Å²) in [5.41, 5.74) is 15.9. The molecule has 0 bridgehead atoms. The van der Waals surface area contributed by atoms with Crippen molar-refractivity contribution < 1.29 is 4.74 Å². The van der Waals surface area contributed by atoms with E-state index in [1.165, 1.54) is 74.8 Å². The highest BCUT2D eigenvalue weighted by molar-refractivity contribution is 8.01. The number of benzene rings is 6. The molecule has 4 unspecified atom stereocenters. The standard InChI is InChI=1S/C52H48BN3OS/c1-49-29-18-32-52(49,4)58-46-40(49)27-28-41-45(46)53-44-42(55(41)37-23-13-7-14-24-37)33-39(54(35-19-9-5-10-20-35)36-21-11-6-12-22-36)34-43(44)56(38-25-15-8-16-26-38)47-48(53)57-51(3)31-17-30-50(47,51)2/h5-16,19-28,33-34H,17-18,29-32H2,1-4H3. The first kappa shape index (κ1) is 34.7. The molecule has 12 rings (SSSR count). The molecule has 4 atom stereocenters. The molecule has 6 aliphatic rings. The second-order valence-corrected chi connectivity index (χ2v) is 19.8. The molecule has 6 heteroatoms. The van der Waals surface area contributed by atoms with Crippen LogP contribution in [0.4, 0.5) is 45.5 Å². The van der Waals surface area contributed by atoms with E-state index in [2.05, 4.69) is 200 Å². The molecule has 0 N–H and O–H groups in total. The monoisotopic (exact) mass is 773 g/mol. The van der Waals surface area contributed by atoms with Crippen LogP contribution < -0.4 is 25.6 Å². The molecule has 2 saturated carbocycles. The predicted octanol–water partition coefficient (Wildman–Crippen LogP) is 12.7. The van der Waals surface area contributed by atoms with Gasteiger partial charge in [0.15, 0.2) is 0 Å². The molecule has 4 aliphatic heterocycles. The molecule has 6 aromatic carbocycles. The minimum atomic E-state index is -0.299. The molecule has 6 aromatic rings. The lowest BCUT2D eigenvalue weighted by Gasteiger charge is -2.46. The topological polar surface area (TPSA) is 19.0 Å². The van der Waals surface area contributed by atoms with Crippen LogP contribution in [0.2, 0.25) is 0 Å². The van der Waals surface area contributed by atoms with Gasteiger partial charge in [-0.25, -0.2) is 0 Å². The third-order valence-corrected chi connectivity index (χ3v) is 17.2. The molecular weight excluding hydrogens is 725 g/mol. The van der Waals surface area contributed by atoms with Gasteiger partial charge in [0.1, 0.15) is 5.60 Å². The van der Waals surface area contributed by atoms with E-state index in [0.29, 0.717) is 0 Å². The number of thioether (sulfide) groups is 1. The van der Waals surface area contributed by atoms with E-state index in [-0.39, 0.29) is 27.9 Å². The summed E-state index contributed by atoms with van der Waals surface area (Å²) in [6.45, 7) is 9.96. The second kappa shape index (κ2) is 12.1. The number of hydrogen-bond acceptors (Lipinski definition) is 5. The van der Waals surface area contributed by atoms with Crippen LogP contribution in [0.25, 0.3) is 0 Å². The van der Waals surface area contributed by atoms with Gasteiger partial charge in [-0.3, -0.25) is 0 Å². The molecule has 0 radical (unpaired) electrons. The molecule has 0 aromatic heterocycles. The summed E-state index contributed by atoms with van der Waals surface area (Å²) in [4.78, 5) is 9.13. The second-order valence-electron chi connectivity index (χ2n) is 18.3. The van der Waals surface area contributed by atoms with Gasteiger partial charge < -0.3 is 19.4 Å². The number of rotatable bonds is 5. The number of ether oxygens (including phenoxy) is 1. The molecule has 0 amide bonds. The normalized spacial score (nSPS) is 27.1. The SMILES string of the molecule is CC12CCCC1(C)C1=C(O2)B2c3c(cc(N(c4ccccc4)c4ccccc4)cc3N(c3ccccc3)c3ccc4c(c32)SC2(C)CCCC42C)N1c1ccccc1. The van der Waals surface area contributed by atoms with Gasteiger partial charge in [-0.1, -0.05) is 99.1 Å². The lowest BCUT2D eigenvalue weighted by molar-refractivity contribution is -0.00316. The summed E-state index contributed by atoms with van der Waals surface area (Å²) in [5.74, 6) is 0. The van der Waals surface area contributed by atoms with Crippen molar-refractivity contribution in [2.75, 3.05) is 14.7 Å². The summed E-state index contributed by atoms with van der Waals surface area (Å²) in [7, 11) is 0. The average molecular weight is 774 g/mol. The Hall–Kier alpha value is -5.33. The smallest absolute Gasteiger partial charge is 0.297 e. The summed E-state index contributed by atoms with van der Waals surface area (Å²) in [6, 6.07) is 53.9. The van der Waals surface area contributed by atoms with Crippen molar-refractivity contribution in [2.24, 2.45) is 5.41 Å². The minimum Gasteiger partial charge on any atom is -0.498 e. The summed E-state index contributed by atoms with van der Waals surface area (Å²) < 4.78 is 7.86. The van der Waals surface area contributed by atoms with Crippen LogP contribution in [0.1, 0.15) is 71.8 Å². The van der Waals surface area contributed by atoms with Crippen LogP contribution in [0.15, 0.2) is 162 Å². The van der Waals surface area contributed by atoms with Crippen molar-refractivity contribution in [2.45, 2.75) is 86.9 Å².